The van der Waals surface area contributed by atoms with Crippen LogP contribution in [0, 0.1) is 0 Å². The van der Waals surface area contributed by atoms with Gasteiger partial charge in [0, 0.05) is 38.8 Å². The van der Waals surface area contributed by atoms with Gasteiger partial charge in [-0.1, -0.05) is 0 Å². The summed E-state index contributed by atoms with van der Waals surface area (Å²) in [7, 11) is 2.19. The van der Waals surface area contributed by atoms with Gasteiger partial charge in [-0.05, 0) is 32.9 Å². The molecule has 2 rings (SSSR count). The molecule has 4 nitrogen and oxygen atoms in total. The van der Waals surface area contributed by atoms with Crippen LogP contribution in [-0.4, -0.2) is 68.3 Å². The van der Waals surface area contributed by atoms with Crippen LogP contribution in [0.2, 0.25) is 0 Å². The molecule has 0 bridgehead atoms. The number of rotatable bonds is 5. The molecule has 2 heterocycles. The maximum absolute atomic E-state index is 5.68. The number of likely N-dealkylation sites (N-methyl/N-ethyl adjacent to an activating group) is 1. The predicted octanol–water partition coefficient (Wildman–Crippen LogP) is 0.130. The Morgan fingerprint density at radius 1 is 1.44 bits per heavy atom. The lowest BCUT2D eigenvalue weighted by Gasteiger charge is -2.25. The van der Waals surface area contributed by atoms with E-state index in [4.69, 9.17) is 10.5 Å². The predicted molar refractivity (Wildman–Crippen MR) is 65.5 cm³/mol. The summed E-state index contributed by atoms with van der Waals surface area (Å²) in [5.41, 5.74) is 5.59. The minimum Gasteiger partial charge on any atom is -0.377 e. The van der Waals surface area contributed by atoms with Crippen molar-refractivity contribution in [3.05, 3.63) is 0 Å². The highest BCUT2D eigenvalue weighted by molar-refractivity contribution is 4.84. The summed E-state index contributed by atoms with van der Waals surface area (Å²) in [6.45, 7) is 6.29. The molecule has 2 aliphatic rings. The largest absolute Gasteiger partial charge is 0.377 e. The highest BCUT2D eigenvalue weighted by atomic mass is 16.5. The lowest BCUT2D eigenvalue weighted by atomic mass is 10.2. The molecule has 2 atom stereocenters. The quantitative estimate of drug-likeness (QED) is 0.725. The molecule has 16 heavy (non-hydrogen) atoms. The number of ether oxygens (including phenoxy) is 1. The molecule has 2 unspecified atom stereocenters. The van der Waals surface area contributed by atoms with Crippen molar-refractivity contribution in [3.63, 3.8) is 0 Å². The van der Waals surface area contributed by atoms with Crippen molar-refractivity contribution in [1.29, 1.82) is 0 Å². The van der Waals surface area contributed by atoms with Crippen LogP contribution < -0.4 is 5.73 Å². The first kappa shape index (κ1) is 12.3. The van der Waals surface area contributed by atoms with Crippen molar-refractivity contribution in [2.45, 2.75) is 31.4 Å². The Balaban J connectivity index is 1.70. The van der Waals surface area contributed by atoms with Crippen LogP contribution in [0.25, 0.3) is 0 Å². The average molecular weight is 227 g/mol. The number of hydrogen-bond donors (Lipinski definition) is 1. The van der Waals surface area contributed by atoms with Crippen LogP contribution in [-0.2, 0) is 4.74 Å². The van der Waals surface area contributed by atoms with Crippen LogP contribution in [0.15, 0.2) is 0 Å². The van der Waals surface area contributed by atoms with E-state index >= 15 is 0 Å². The van der Waals surface area contributed by atoms with Crippen molar-refractivity contribution in [2.24, 2.45) is 5.73 Å². The molecule has 94 valence electrons. The van der Waals surface area contributed by atoms with Gasteiger partial charge in [0.15, 0.2) is 0 Å². The van der Waals surface area contributed by atoms with Crippen LogP contribution in [0.4, 0.5) is 0 Å². The van der Waals surface area contributed by atoms with Gasteiger partial charge in [0.1, 0.15) is 0 Å². The fourth-order valence-electron chi connectivity index (χ4n) is 2.80. The van der Waals surface area contributed by atoms with Gasteiger partial charge < -0.3 is 15.4 Å². The van der Waals surface area contributed by atoms with Gasteiger partial charge >= 0.3 is 0 Å². The van der Waals surface area contributed by atoms with Gasteiger partial charge in [0.25, 0.3) is 0 Å². The Morgan fingerprint density at radius 2 is 2.31 bits per heavy atom. The Labute approximate surface area is 98.7 Å². The first-order valence-electron chi connectivity index (χ1n) is 6.54. The molecule has 0 amide bonds. The first-order valence-corrected chi connectivity index (χ1v) is 6.54. The van der Waals surface area contributed by atoms with E-state index in [0.717, 1.165) is 26.2 Å². The molecule has 2 aliphatic heterocycles. The Hall–Kier alpha value is -0.160. The Bertz CT molecular complexity index is 206. The van der Waals surface area contributed by atoms with Crippen LogP contribution in [0.5, 0.6) is 0 Å². The first-order chi connectivity index (χ1) is 7.79. The van der Waals surface area contributed by atoms with Gasteiger partial charge in [0.05, 0.1) is 6.10 Å². The molecule has 0 spiro atoms. The maximum atomic E-state index is 5.68. The summed E-state index contributed by atoms with van der Waals surface area (Å²) in [4.78, 5) is 4.95. The summed E-state index contributed by atoms with van der Waals surface area (Å²) in [6.07, 6.45) is 4.27. The van der Waals surface area contributed by atoms with Gasteiger partial charge in [-0.25, -0.2) is 0 Å². The molecule has 0 aromatic heterocycles. The van der Waals surface area contributed by atoms with Crippen LogP contribution in [0.3, 0.4) is 0 Å². The second-order valence-corrected chi connectivity index (χ2v) is 5.11. The standard InChI is InChI=1S/C12H25N3O/c1-14(7-5-13)11-4-6-15(9-11)10-12-3-2-8-16-12/h11-12H,2-10,13H2,1H3. The maximum Gasteiger partial charge on any atom is 0.0702 e. The molecule has 4 heteroatoms. The van der Waals surface area contributed by atoms with Crippen molar-refractivity contribution in [2.75, 3.05) is 46.4 Å². The molecule has 0 aliphatic carbocycles. The topological polar surface area (TPSA) is 41.7 Å². The summed E-state index contributed by atoms with van der Waals surface area (Å²) >= 11 is 0. The fourth-order valence-corrected chi connectivity index (χ4v) is 2.80. The average Bonchev–Trinajstić information content (AvgIpc) is 2.90. The van der Waals surface area contributed by atoms with Crippen molar-refractivity contribution < 1.29 is 4.74 Å². The van der Waals surface area contributed by atoms with Crippen LogP contribution in [0.1, 0.15) is 19.3 Å². The third-order valence-electron chi connectivity index (χ3n) is 3.84. The van der Waals surface area contributed by atoms with E-state index in [1.54, 1.807) is 0 Å². The van der Waals surface area contributed by atoms with E-state index in [2.05, 4.69) is 16.8 Å². The third-order valence-corrected chi connectivity index (χ3v) is 3.84. The molecule has 0 aromatic carbocycles. The SMILES string of the molecule is CN(CCN)C1CCN(CC2CCCO2)C1. The number of nitrogens with two attached hydrogens (primary N) is 1. The summed E-state index contributed by atoms with van der Waals surface area (Å²) in [5, 5.41) is 0. The van der Waals surface area contributed by atoms with Gasteiger partial charge in [-0.15, -0.1) is 0 Å². The molecular formula is C12H25N3O. The van der Waals surface area contributed by atoms with E-state index < -0.39 is 0 Å². The zero-order valence-corrected chi connectivity index (χ0v) is 10.4. The third kappa shape index (κ3) is 3.17. The zero-order valence-electron chi connectivity index (χ0n) is 10.4. The van der Waals surface area contributed by atoms with Gasteiger partial charge in [-0.2, -0.15) is 0 Å². The molecule has 2 fully saturated rings. The number of hydrogen-bond acceptors (Lipinski definition) is 4. The van der Waals surface area contributed by atoms with E-state index in [0.29, 0.717) is 12.1 Å². The fraction of sp³-hybridized carbons (Fsp3) is 1.00. The minimum atomic E-state index is 0.499. The molecule has 2 N–H and O–H groups in total. The molecule has 2 saturated heterocycles. The van der Waals surface area contributed by atoms with Gasteiger partial charge in [0.2, 0.25) is 0 Å². The Kier molecular flexibility index (Phi) is 4.58. The highest BCUT2D eigenvalue weighted by Crippen LogP contribution is 2.18. The van der Waals surface area contributed by atoms with Crippen molar-refractivity contribution >= 4 is 0 Å². The zero-order chi connectivity index (χ0) is 11.4. The normalized spacial score (nSPS) is 31.7. The smallest absolute Gasteiger partial charge is 0.0702 e. The second kappa shape index (κ2) is 5.96. The van der Waals surface area contributed by atoms with Crippen molar-refractivity contribution in [1.82, 2.24) is 9.80 Å². The van der Waals surface area contributed by atoms with E-state index in [-0.39, 0.29) is 0 Å². The summed E-state index contributed by atoms with van der Waals surface area (Å²) in [5.74, 6) is 0. The monoisotopic (exact) mass is 227 g/mol. The number of likely N-dealkylation sites (tertiary alicyclic amines) is 1. The minimum absolute atomic E-state index is 0.499. The van der Waals surface area contributed by atoms with E-state index in [9.17, 15) is 0 Å². The molecule has 0 saturated carbocycles. The van der Waals surface area contributed by atoms with E-state index in [1.807, 2.05) is 0 Å². The highest BCUT2D eigenvalue weighted by Gasteiger charge is 2.28. The number of nitrogens with zero attached hydrogens (tertiary/aromatic N) is 2. The Morgan fingerprint density at radius 3 is 3.00 bits per heavy atom. The lowest BCUT2D eigenvalue weighted by molar-refractivity contribution is 0.0783. The van der Waals surface area contributed by atoms with Gasteiger partial charge in [-0.3, -0.25) is 4.90 Å². The van der Waals surface area contributed by atoms with Crippen molar-refractivity contribution in [3.8, 4) is 0 Å². The summed E-state index contributed by atoms with van der Waals surface area (Å²) in [6, 6.07) is 0.699. The lowest BCUT2D eigenvalue weighted by Crippen LogP contribution is -2.38. The summed E-state index contributed by atoms with van der Waals surface area (Å²) < 4.78 is 5.68. The molecule has 0 aromatic rings. The van der Waals surface area contributed by atoms with E-state index in [1.165, 1.54) is 32.4 Å². The second-order valence-electron chi connectivity index (χ2n) is 5.11. The molecule has 0 radical (unpaired) electrons. The molecular weight excluding hydrogens is 202 g/mol. The van der Waals surface area contributed by atoms with Crippen LogP contribution >= 0.6 is 0 Å².